The average Bonchev–Trinajstić information content (AvgIpc) is 1.97. The lowest BCUT2D eigenvalue weighted by Crippen LogP contribution is -2.39. The Labute approximate surface area is 89.1 Å². The summed E-state index contributed by atoms with van der Waals surface area (Å²) in [6, 6.07) is 0. The van der Waals surface area contributed by atoms with Crippen LogP contribution < -0.4 is 0 Å². The minimum atomic E-state index is -4.08. The molecule has 0 aliphatic carbocycles. The number of halogens is 3. The van der Waals surface area contributed by atoms with E-state index < -0.39 is 18.2 Å². The lowest BCUT2D eigenvalue weighted by molar-refractivity contribution is -0.136. The van der Waals surface area contributed by atoms with Gasteiger partial charge < -0.3 is 10.0 Å². The van der Waals surface area contributed by atoms with Gasteiger partial charge >= 0.3 is 6.18 Å². The van der Waals surface area contributed by atoms with Crippen molar-refractivity contribution >= 4 is 0 Å². The Bertz CT molecular complexity index is 174. The summed E-state index contributed by atoms with van der Waals surface area (Å²) in [7, 11) is 0. The number of nitrogens with zero attached hydrogens (tertiary/aromatic N) is 1. The first-order chi connectivity index (χ1) is 6.64. The average molecular weight is 227 g/mol. The van der Waals surface area contributed by atoms with E-state index in [1.807, 2.05) is 11.8 Å². The molecule has 0 radical (unpaired) electrons. The number of alkyl halides is 3. The zero-order chi connectivity index (χ0) is 12.1. The Morgan fingerprint density at radius 3 is 2.07 bits per heavy atom. The van der Waals surface area contributed by atoms with Crippen LogP contribution in [0.25, 0.3) is 0 Å². The Morgan fingerprint density at radius 2 is 1.73 bits per heavy atom. The smallest absolute Gasteiger partial charge is 0.389 e. The molecule has 0 rings (SSSR count). The predicted octanol–water partition coefficient (Wildman–Crippen LogP) is 2.42. The van der Waals surface area contributed by atoms with E-state index >= 15 is 0 Å². The van der Waals surface area contributed by atoms with Crippen LogP contribution in [0.3, 0.4) is 0 Å². The van der Waals surface area contributed by atoms with Crippen LogP contribution in [0.1, 0.15) is 33.6 Å². The number of aliphatic hydroxyl groups is 1. The molecule has 5 heteroatoms. The first-order valence-corrected chi connectivity index (χ1v) is 5.15. The van der Waals surface area contributed by atoms with Crippen LogP contribution in [-0.2, 0) is 0 Å². The summed E-state index contributed by atoms with van der Waals surface area (Å²) in [5.74, 6) is 0. The topological polar surface area (TPSA) is 23.5 Å². The van der Waals surface area contributed by atoms with Crippen molar-refractivity contribution in [3.8, 4) is 0 Å². The van der Waals surface area contributed by atoms with Crippen molar-refractivity contribution in [3.63, 3.8) is 0 Å². The molecule has 0 aliphatic heterocycles. The predicted molar refractivity (Wildman–Crippen MR) is 53.7 cm³/mol. The number of hydrogen-bond donors (Lipinski definition) is 1. The fraction of sp³-hybridized carbons (Fsp3) is 1.00. The zero-order valence-corrected chi connectivity index (χ0v) is 9.56. The highest BCUT2D eigenvalue weighted by Crippen LogP contribution is 2.21. The molecule has 0 aliphatic rings. The minimum absolute atomic E-state index is 0.0907. The Hall–Kier alpha value is -0.290. The standard InChI is InChI=1S/C10H20F3NO/c1-4-14(8-9(2,3)15)7-5-6-10(11,12)13/h15H,4-8H2,1-3H3. The second-order valence-corrected chi connectivity index (χ2v) is 4.40. The molecule has 0 saturated carbocycles. The van der Waals surface area contributed by atoms with Gasteiger partial charge in [0.2, 0.25) is 0 Å². The summed E-state index contributed by atoms with van der Waals surface area (Å²) in [5.41, 5.74) is -0.853. The molecule has 0 saturated heterocycles. The van der Waals surface area contributed by atoms with E-state index in [4.69, 9.17) is 0 Å². The molecule has 0 atom stereocenters. The maximum absolute atomic E-state index is 11.9. The van der Waals surface area contributed by atoms with Crippen LogP contribution in [0.15, 0.2) is 0 Å². The number of hydrogen-bond acceptors (Lipinski definition) is 2. The third kappa shape index (κ3) is 10.0. The lowest BCUT2D eigenvalue weighted by atomic mass is 10.1. The Morgan fingerprint density at radius 1 is 1.20 bits per heavy atom. The first-order valence-electron chi connectivity index (χ1n) is 5.15. The van der Waals surface area contributed by atoms with Gasteiger partial charge in [-0.05, 0) is 33.4 Å². The van der Waals surface area contributed by atoms with E-state index in [2.05, 4.69) is 0 Å². The third-order valence-corrected chi connectivity index (χ3v) is 1.99. The molecular weight excluding hydrogens is 207 g/mol. The normalized spacial score (nSPS) is 13.6. The molecule has 0 aromatic carbocycles. The summed E-state index contributed by atoms with van der Waals surface area (Å²) < 4.78 is 35.6. The van der Waals surface area contributed by atoms with Gasteiger partial charge in [0.15, 0.2) is 0 Å². The van der Waals surface area contributed by atoms with Gasteiger partial charge in [-0.25, -0.2) is 0 Å². The van der Waals surface area contributed by atoms with E-state index in [0.29, 0.717) is 19.6 Å². The molecule has 0 aromatic rings. The van der Waals surface area contributed by atoms with E-state index in [1.165, 1.54) is 0 Å². The second kappa shape index (κ2) is 5.70. The molecule has 0 spiro atoms. The van der Waals surface area contributed by atoms with E-state index in [9.17, 15) is 18.3 Å². The molecule has 92 valence electrons. The van der Waals surface area contributed by atoms with Crippen LogP contribution in [0, 0.1) is 0 Å². The fourth-order valence-electron chi connectivity index (χ4n) is 1.40. The van der Waals surface area contributed by atoms with Gasteiger partial charge in [-0.2, -0.15) is 13.2 Å². The van der Waals surface area contributed by atoms with Crippen molar-refractivity contribution in [3.05, 3.63) is 0 Å². The molecule has 0 aromatic heterocycles. The molecule has 2 nitrogen and oxygen atoms in total. The third-order valence-electron chi connectivity index (χ3n) is 1.99. The quantitative estimate of drug-likeness (QED) is 0.753. The van der Waals surface area contributed by atoms with Crippen LogP contribution >= 0.6 is 0 Å². The molecule has 0 bridgehead atoms. The molecule has 0 fully saturated rings. The van der Waals surface area contributed by atoms with E-state index in [0.717, 1.165) is 0 Å². The van der Waals surface area contributed by atoms with Gasteiger partial charge in [0.25, 0.3) is 0 Å². The molecule has 1 N–H and O–H groups in total. The zero-order valence-electron chi connectivity index (χ0n) is 9.56. The van der Waals surface area contributed by atoms with Crippen LogP contribution in [-0.4, -0.2) is 41.4 Å². The lowest BCUT2D eigenvalue weighted by Gasteiger charge is -2.27. The number of rotatable bonds is 6. The minimum Gasteiger partial charge on any atom is -0.389 e. The van der Waals surface area contributed by atoms with Gasteiger partial charge in [-0.3, -0.25) is 0 Å². The summed E-state index contributed by atoms with van der Waals surface area (Å²) >= 11 is 0. The highest BCUT2D eigenvalue weighted by molar-refractivity contribution is 4.71. The van der Waals surface area contributed by atoms with Gasteiger partial charge in [0.1, 0.15) is 0 Å². The van der Waals surface area contributed by atoms with Crippen LogP contribution in [0.5, 0.6) is 0 Å². The van der Waals surface area contributed by atoms with Crippen molar-refractivity contribution in [1.82, 2.24) is 4.90 Å². The van der Waals surface area contributed by atoms with Crippen LogP contribution in [0.4, 0.5) is 13.2 Å². The van der Waals surface area contributed by atoms with Crippen molar-refractivity contribution in [2.75, 3.05) is 19.6 Å². The van der Waals surface area contributed by atoms with E-state index in [1.54, 1.807) is 13.8 Å². The molecular formula is C10H20F3NO. The maximum atomic E-state index is 11.9. The monoisotopic (exact) mass is 227 g/mol. The molecule has 0 heterocycles. The second-order valence-electron chi connectivity index (χ2n) is 4.40. The van der Waals surface area contributed by atoms with Crippen molar-refractivity contribution in [2.45, 2.75) is 45.4 Å². The van der Waals surface area contributed by atoms with Crippen LogP contribution in [0.2, 0.25) is 0 Å². The molecule has 15 heavy (non-hydrogen) atoms. The summed E-state index contributed by atoms with van der Waals surface area (Å²) in [6.07, 6.45) is -4.74. The Balaban J connectivity index is 3.82. The van der Waals surface area contributed by atoms with Gasteiger partial charge in [-0.15, -0.1) is 0 Å². The van der Waals surface area contributed by atoms with Crippen molar-refractivity contribution < 1.29 is 18.3 Å². The van der Waals surface area contributed by atoms with E-state index in [-0.39, 0.29) is 6.42 Å². The summed E-state index contributed by atoms with van der Waals surface area (Å²) in [5, 5.41) is 9.51. The highest BCUT2D eigenvalue weighted by atomic mass is 19.4. The van der Waals surface area contributed by atoms with Crippen molar-refractivity contribution in [2.24, 2.45) is 0 Å². The largest absolute Gasteiger partial charge is 0.389 e. The SMILES string of the molecule is CCN(CCCC(F)(F)F)CC(C)(C)O. The van der Waals surface area contributed by atoms with Crippen molar-refractivity contribution in [1.29, 1.82) is 0 Å². The summed E-state index contributed by atoms with van der Waals surface area (Å²) in [6.45, 7) is 6.61. The first kappa shape index (κ1) is 14.7. The molecule has 0 unspecified atom stereocenters. The summed E-state index contributed by atoms with van der Waals surface area (Å²) in [4.78, 5) is 1.83. The highest BCUT2D eigenvalue weighted by Gasteiger charge is 2.26. The fourth-order valence-corrected chi connectivity index (χ4v) is 1.40. The number of likely N-dealkylation sites (N-methyl/N-ethyl adjacent to an activating group) is 1. The van der Waals surface area contributed by atoms with Gasteiger partial charge in [0.05, 0.1) is 5.60 Å². The van der Waals surface area contributed by atoms with Gasteiger partial charge in [0, 0.05) is 13.0 Å². The molecule has 0 amide bonds. The van der Waals surface area contributed by atoms with Gasteiger partial charge in [-0.1, -0.05) is 6.92 Å². The Kier molecular flexibility index (Phi) is 5.59. The maximum Gasteiger partial charge on any atom is 0.389 e.